The Kier molecular flexibility index (Phi) is 4.70. The Morgan fingerprint density at radius 3 is 2.76 bits per heavy atom. The van der Waals surface area contributed by atoms with Crippen LogP contribution in [0, 0.1) is 6.92 Å². The van der Waals surface area contributed by atoms with Crippen molar-refractivity contribution in [2.75, 3.05) is 10.6 Å². The van der Waals surface area contributed by atoms with Gasteiger partial charge in [-0.05, 0) is 45.1 Å². The molecule has 1 aromatic carbocycles. The highest BCUT2D eigenvalue weighted by Crippen LogP contribution is 2.15. The summed E-state index contributed by atoms with van der Waals surface area (Å²) in [5.74, 6) is 0.0256. The van der Waals surface area contributed by atoms with Crippen LogP contribution >= 0.6 is 12.2 Å². The summed E-state index contributed by atoms with van der Waals surface area (Å²) in [5, 5.41) is 10.9. The lowest BCUT2D eigenvalue weighted by Gasteiger charge is -2.11. The zero-order chi connectivity index (χ0) is 15.4. The molecule has 5 nitrogen and oxygen atoms in total. The molecule has 1 aromatic heterocycles. The first-order chi connectivity index (χ1) is 10.0. The fourth-order valence-corrected chi connectivity index (χ4v) is 2.22. The van der Waals surface area contributed by atoms with E-state index in [1.807, 2.05) is 30.7 Å². The Labute approximate surface area is 129 Å². The van der Waals surface area contributed by atoms with Gasteiger partial charge in [0.1, 0.15) is 0 Å². The summed E-state index contributed by atoms with van der Waals surface area (Å²) in [6.45, 7) is 6.37. The van der Waals surface area contributed by atoms with E-state index in [0.29, 0.717) is 10.7 Å². The van der Waals surface area contributed by atoms with Crippen molar-refractivity contribution in [1.82, 2.24) is 9.78 Å². The van der Waals surface area contributed by atoms with E-state index in [9.17, 15) is 4.79 Å². The second-order valence-electron chi connectivity index (χ2n) is 4.68. The van der Waals surface area contributed by atoms with Crippen molar-refractivity contribution in [1.29, 1.82) is 0 Å². The smallest absolute Gasteiger partial charge is 0.175 e. The molecule has 0 aliphatic rings. The summed E-state index contributed by atoms with van der Waals surface area (Å²) >= 11 is 5.29. The molecule has 0 aliphatic heterocycles. The van der Waals surface area contributed by atoms with Gasteiger partial charge in [0.15, 0.2) is 10.9 Å². The Bertz CT molecular complexity index is 678. The highest BCUT2D eigenvalue weighted by Gasteiger charge is 2.07. The first-order valence-electron chi connectivity index (χ1n) is 6.72. The monoisotopic (exact) mass is 302 g/mol. The number of carbonyl (C=O) groups excluding carboxylic acids is 1. The summed E-state index contributed by atoms with van der Waals surface area (Å²) < 4.78 is 1.89. The van der Waals surface area contributed by atoms with Crippen molar-refractivity contribution < 1.29 is 4.79 Å². The first-order valence-corrected chi connectivity index (χ1v) is 7.13. The summed E-state index contributed by atoms with van der Waals surface area (Å²) in [6.07, 6.45) is 1.75. The van der Waals surface area contributed by atoms with Crippen LogP contribution in [0.2, 0.25) is 0 Å². The summed E-state index contributed by atoms with van der Waals surface area (Å²) in [6, 6.07) is 7.24. The average Bonchev–Trinajstić information content (AvgIpc) is 2.79. The zero-order valence-electron chi connectivity index (χ0n) is 12.3. The van der Waals surface area contributed by atoms with Gasteiger partial charge in [0, 0.05) is 17.8 Å². The third-order valence-electron chi connectivity index (χ3n) is 3.18. The molecule has 0 aliphatic carbocycles. The number of carbonyl (C=O) groups is 1. The van der Waals surface area contributed by atoms with Gasteiger partial charge in [-0.2, -0.15) is 5.10 Å². The predicted octanol–water partition coefficient (Wildman–Crippen LogP) is 3.22. The minimum Gasteiger partial charge on any atom is -0.332 e. The van der Waals surface area contributed by atoms with Crippen LogP contribution in [0.1, 0.15) is 29.9 Å². The maximum absolute atomic E-state index is 11.4. The van der Waals surface area contributed by atoms with Gasteiger partial charge in [0.25, 0.3) is 0 Å². The van der Waals surface area contributed by atoms with Crippen LogP contribution in [0.3, 0.4) is 0 Å². The number of aryl methyl sites for hydroxylation is 1. The fraction of sp³-hybridized carbons (Fsp3) is 0.267. The fourth-order valence-electron chi connectivity index (χ4n) is 1.99. The molecule has 2 rings (SSSR count). The molecule has 110 valence electrons. The minimum atomic E-state index is 0.0256. The van der Waals surface area contributed by atoms with Crippen molar-refractivity contribution in [3.63, 3.8) is 0 Å². The average molecular weight is 302 g/mol. The van der Waals surface area contributed by atoms with E-state index in [4.69, 9.17) is 12.2 Å². The zero-order valence-corrected chi connectivity index (χ0v) is 13.1. The molecule has 2 aromatic rings. The highest BCUT2D eigenvalue weighted by molar-refractivity contribution is 7.80. The molecular formula is C15H18N4OS. The summed E-state index contributed by atoms with van der Waals surface area (Å²) in [4.78, 5) is 11.4. The SMILES string of the molecule is CCn1ncc(NC(=S)Nc2cccc(C(C)=O)c2)c1C. The number of rotatable bonds is 4. The van der Waals surface area contributed by atoms with Gasteiger partial charge in [0.05, 0.1) is 17.6 Å². The predicted molar refractivity (Wildman–Crippen MR) is 88.9 cm³/mol. The van der Waals surface area contributed by atoms with Gasteiger partial charge < -0.3 is 10.6 Å². The largest absolute Gasteiger partial charge is 0.332 e. The third kappa shape index (κ3) is 3.66. The molecule has 0 spiro atoms. The van der Waals surface area contributed by atoms with E-state index in [1.165, 1.54) is 6.92 Å². The topological polar surface area (TPSA) is 59.0 Å². The van der Waals surface area contributed by atoms with E-state index in [1.54, 1.807) is 18.3 Å². The molecule has 0 atom stereocenters. The molecule has 0 saturated heterocycles. The van der Waals surface area contributed by atoms with Gasteiger partial charge in [-0.25, -0.2) is 0 Å². The molecule has 0 saturated carbocycles. The highest BCUT2D eigenvalue weighted by atomic mass is 32.1. The van der Waals surface area contributed by atoms with Gasteiger partial charge in [-0.1, -0.05) is 12.1 Å². The van der Waals surface area contributed by atoms with Crippen LogP contribution in [0.25, 0.3) is 0 Å². The van der Waals surface area contributed by atoms with Gasteiger partial charge in [0.2, 0.25) is 0 Å². The number of nitrogens with zero attached hydrogens (tertiary/aromatic N) is 2. The number of benzene rings is 1. The molecule has 0 unspecified atom stereocenters. The summed E-state index contributed by atoms with van der Waals surface area (Å²) in [7, 11) is 0. The van der Waals surface area contributed by atoms with E-state index < -0.39 is 0 Å². The van der Waals surface area contributed by atoms with Crippen LogP contribution < -0.4 is 10.6 Å². The van der Waals surface area contributed by atoms with Crippen LogP contribution in [0.4, 0.5) is 11.4 Å². The Hall–Kier alpha value is -2.21. The summed E-state index contributed by atoms with van der Waals surface area (Å²) in [5.41, 5.74) is 3.33. The lowest BCUT2D eigenvalue weighted by molar-refractivity contribution is 0.101. The van der Waals surface area contributed by atoms with Crippen molar-refractivity contribution in [2.24, 2.45) is 0 Å². The van der Waals surface area contributed by atoms with Gasteiger partial charge >= 0.3 is 0 Å². The maximum Gasteiger partial charge on any atom is 0.175 e. The number of ketones is 1. The van der Waals surface area contributed by atoms with E-state index in [2.05, 4.69) is 15.7 Å². The molecule has 1 heterocycles. The number of nitrogens with one attached hydrogen (secondary N) is 2. The van der Waals surface area contributed by atoms with Gasteiger partial charge in [-0.3, -0.25) is 9.48 Å². The molecule has 0 amide bonds. The molecule has 0 radical (unpaired) electrons. The standard InChI is InChI=1S/C15H18N4OS/c1-4-19-10(2)14(9-16-19)18-15(21)17-13-7-5-6-12(8-13)11(3)20/h5-9H,4H2,1-3H3,(H2,17,18,21). The minimum absolute atomic E-state index is 0.0256. The van der Waals surface area contributed by atoms with Crippen LogP contribution in [0.15, 0.2) is 30.5 Å². The second kappa shape index (κ2) is 6.49. The Balaban J connectivity index is 2.06. The molecule has 6 heteroatoms. The molecular weight excluding hydrogens is 284 g/mol. The maximum atomic E-state index is 11.4. The Morgan fingerprint density at radius 1 is 1.38 bits per heavy atom. The number of Topliss-reactive ketones (excluding diaryl/α,β-unsaturated/α-hetero) is 1. The number of hydrogen-bond donors (Lipinski definition) is 2. The molecule has 2 N–H and O–H groups in total. The van der Waals surface area contributed by atoms with Crippen molar-refractivity contribution in [3.05, 3.63) is 41.7 Å². The normalized spacial score (nSPS) is 10.2. The quantitative estimate of drug-likeness (QED) is 0.671. The lowest BCUT2D eigenvalue weighted by Crippen LogP contribution is -2.19. The molecule has 21 heavy (non-hydrogen) atoms. The van der Waals surface area contributed by atoms with E-state index in [-0.39, 0.29) is 5.78 Å². The van der Waals surface area contributed by atoms with Crippen molar-refractivity contribution in [3.8, 4) is 0 Å². The van der Waals surface area contributed by atoms with Crippen molar-refractivity contribution >= 4 is 34.5 Å². The number of hydrogen-bond acceptors (Lipinski definition) is 3. The van der Waals surface area contributed by atoms with Gasteiger partial charge in [-0.15, -0.1) is 0 Å². The third-order valence-corrected chi connectivity index (χ3v) is 3.38. The lowest BCUT2D eigenvalue weighted by atomic mass is 10.1. The molecule has 0 bridgehead atoms. The van der Waals surface area contributed by atoms with Crippen LogP contribution in [-0.2, 0) is 6.54 Å². The number of anilines is 2. The second-order valence-corrected chi connectivity index (χ2v) is 5.08. The van der Waals surface area contributed by atoms with Crippen molar-refractivity contribution in [2.45, 2.75) is 27.3 Å². The van der Waals surface area contributed by atoms with E-state index >= 15 is 0 Å². The number of aromatic nitrogens is 2. The van der Waals surface area contributed by atoms with E-state index in [0.717, 1.165) is 23.6 Å². The first kappa shape index (κ1) is 15.2. The van der Waals surface area contributed by atoms with Crippen LogP contribution in [-0.4, -0.2) is 20.7 Å². The Morgan fingerprint density at radius 2 is 2.14 bits per heavy atom. The molecule has 0 fully saturated rings. The van der Waals surface area contributed by atoms with Crippen LogP contribution in [0.5, 0.6) is 0 Å². The number of thiocarbonyl (C=S) groups is 1.